The number of aromatic nitrogens is 1. The van der Waals surface area contributed by atoms with E-state index in [9.17, 15) is 9.59 Å². The molecule has 114 valence electrons. The van der Waals surface area contributed by atoms with Gasteiger partial charge in [-0.05, 0) is 30.9 Å². The van der Waals surface area contributed by atoms with Gasteiger partial charge in [0.1, 0.15) is 5.69 Å². The van der Waals surface area contributed by atoms with Crippen LogP contribution in [0.3, 0.4) is 0 Å². The monoisotopic (exact) mass is 291 g/mol. The summed E-state index contributed by atoms with van der Waals surface area (Å²) in [4.78, 5) is 30.5. The summed E-state index contributed by atoms with van der Waals surface area (Å²) < 4.78 is 0. The summed E-state index contributed by atoms with van der Waals surface area (Å²) in [5.74, 6) is -0.586. The zero-order chi connectivity index (χ0) is 15.4. The normalized spacial score (nSPS) is 15.8. The molecular formula is C15H21N3O3. The number of carbonyl (C=O) groups excluding carboxylic acids is 1. The lowest BCUT2D eigenvalue weighted by molar-refractivity contribution is -0.138. The summed E-state index contributed by atoms with van der Waals surface area (Å²) in [7, 11) is 3.40. The van der Waals surface area contributed by atoms with Crippen molar-refractivity contribution in [3.05, 3.63) is 24.0 Å². The van der Waals surface area contributed by atoms with E-state index in [1.54, 1.807) is 26.4 Å². The molecule has 1 N–H and O–H groups in total. The van der Waals surface area contributed by atoms with Crippen LogP contribution in [-0.2, 0) is 4.79 Å². The molecule has 0 unspecified atom stereocenters. The maximum atomic E-state index is 11.9. The number of amides is 1. The number of aliphatic carboxylic acids is 1. The number of carboxylic acid groups (broad SMARTS) is 1. The van der Waals surface area contributed by atoms with Crippen LogP contribution < -0.4 is 4.90 Å². The first kappa shape index (κ1) is 15.3. The van der Waals surface area contributed by atoms with Gasteiger partial charge in [-0.15, -0.1) is 0 Å². The van der Waals surface area contributed by atoms with Gasteiger partial charge >= 0.3 is 5.97 Å². The van der Waals surface area contributed by atoms with Gasteiger partial charge in [0, 0.05) is 45.5 Å². The fourth-order valence-corrected chi connectivity index (χ4v) is 2.60. The summed E-state index contributed by atoms with van der Waals surface area (Å²) >= 11 is 0. The van der Waals surface area contributed by atoms with Crippen LogP contribution in [0.5, 0.6) is 0 Å². The van der Waals surface area contributed by atoms with Gasteiger partial charge in [-0.3, -0.25) is 14.6 Å². The van der Waals surface area contributed by atoms with Gasteiger partial charge in [0.25, 0.3) is 5.91 Å². The Labute approximate surface area is 124 Å². The standard InChI is InChI=1S/C15H21N3O3/c1-17(2)15(21)13-10-12(3-6-16-13)18-7-4-11(5-8-18)9-14(19)20/h3,6,10-11H,4-5,7-9H2,1-2H3,(H,19,20). The minimum Gasteiger partial charge on any atom is -0.481 e. The third-order valence-corrected chi connectivity index (χ3v) is 3.81. The Kier molecular flexibility index (Phi) is 4.77. The van der Waals surface area contributed by atoms with Crippen molar-refractivity contribution in [2.45, 2.75) is 19.3 Å². The van der Waals surface area contributed by atoms with E-state index in [1.807, 2.05) is 6.07 Å². The molecule has 1 aliphatic rings. The van der Waals surface area contributed by atoms with Gasteiger partial charge in [0.05, 0.1) is 0 Å². The SMILES string of the molecule is CN(C)C(=O)c1cc(N2CCC(CC(=O)O)CC2)ccn1. The minimum atomic E-state index is -0.726. The van der Waals surface area contributed by atoms with E-state index >= 15 is 0 Å². The number of hydrogen-bond acceptors (Lipinski definition) is 4. The van der Waals surface area contributed by atoms with Gasteiger partial charge in [0.15, 0.2) is 0 Å². The van der Waals surface area contributed by atoms with Gasteiger partial charge < -0.3 is 14.9 Å². The first-order valence-electron chi connectivity index (χ1n) is 7.12. The highest BCUT2D eigenvalue weighted by molar-refractivity contribution is 5.92. The number of piperidine rings is 1. The molecule has 1 saturated heterocycles. The first-order valence-corrected chi connectivity index (χ1v) is 7.12. The van der Waals surface area contributed by atoms with Crippen molar-refractivity contribution in [1.29, 1.82) is 0 Å². The molecule has 1 aliphatic heterocycles. The van der Waals surface area contributed by atoms with Crippen molar-refractivity contribution in [1.82, 2.24) is 9.88 Å². The first-order chi connectivity index (χ1) is 9.97. The molecule has 0 atom stereocenters. The fourth-order valence-electron chi connectivity index (χ4n) is 2.60. The Balaban J connectivity index is 2.02. The van der Waals surface area contributed by atoms with Crippen LogP contribution in [0.4, 0.5) is 5.69 Å². The maximum Gasteiger partial charge on any atom is 0.303 e. The molecule has 0 bridgehead atoms. The third-order valence-electron chi connectivity index (χ3n) is 3.81. The van der Waals surface area contributed by atoms with Gasteiger partial charge in [-0.2, -0.15) is 0 Å². The molecule has 6 nitrogen and oxygen atoms in total. The predicted octanol–water partition coefficient (Wildman–Crippen LogP) is 1.47. The van der Waals surface area contributed by atoms with E-state index < -0.39 is 5.97 Å². The molecule has 2 heterocycles. The highest BCUT2D eigenvalue weighted by Gasteiger charge is 2.22. The van der Waals surface area contributed by atoms with Crippen molar-refractivity contribution >= 4 is 17.6 Å². The summed E-state index contributed by atoms with van der Waals surface area (Å²) in [6.45, 7) is 1.63. The van der Waals surface area contributed by atoms with Crippen molar-refractivity contribution in [2.24, 2.45) is 5.92 Å². The van der Waals surface area contributed by atoms with Gasteiger partial charge in [0.2, 0.25) is 0 Å². The predicted molar refractivity (Wildman–Crippen MR) is 79.4 cm³/mol. The Morgan fingerprint density at radius 2 is 2.05 bits per heavy atom. The molecule has 0 spiro atoms. The quantitative estimate of drug-likeness (QED) is 0.909. The summed E-state index contributed by atoms with van der Waals surface area (Å²) in [6.07, 6.45) is 3.63. The number of carboxylic acids is 1. The lowest BCUT2D eigenvalue weighted by Gasteiger charge is -2.33. The van der Waals surface area contributed by atoms with Crippen LogP contribution in [0.25, 0.3) is 0 Å². The highest BCUT2D eigenvalue weighted by atomic mass is 16.4. The van der Waals surface area contributed by atoms with Crippen LogP contribution in [0.15, 0.2) is 18.3 Å². The van der Waals surface area contributed by atoms with Crippen molar-refractivity contribution in [3.63, 3.8) is 0 Å². The van der Waals surface area contributed by atoms with Crippen molar-refractivity contribution in [3.8, 4) is 0 Å². The highest BCUT2D eigenvalue weighted by Crippen LogP contribution is 2.25. The second-order valence-electron chi connectivity index (χ2n) is 5.63. The average Bonchev–Trinajstić information content (AvgIpc) is 2.46. The Hall–Kier alpha value is -2.11. The van der Waals surface area contributed by atoms with Gasteiger partial charge in [-0.25, -0.2) is 0 Å². The molecule has 1 fully saturated rings. The lowest BCUT2D eigenvalue weighted by atomic mass is 9.93. The zero-order valence-electron chi connectivity index (χ0n) is 12.5. The van der Waals surface area contributed by atoms with Gasteiger partial charge in [-0.1, -0.05) is 0 Å². The number of anilines is 1. The summed E-state index contributed by atoms with van der Waals surface area (Å²) in [6, 6.07) is 3.70. The summed E-state index contributed by atoms with van der Waals surface area (Å²) in [5, 5.41) is 8.83. The second kappa shape index (κ2) is 6.56. The van der Waals surface area contributed by atoms with Crippen molar-refractivity contribution < 1.29 is 14.7 Å². The molecule has 2 rings (SSSR count). The average molecular weight is 291 g/mol. The van der Waals surface area contributed by atoms with Crippen LogP contribution in [0, 0.1) is 5.92 Å². The van der Waals surface area contributed by atoms with E-state index in [1.165, 1.54) is 4.90 Å². The number of pyridine rings is 1. The largest absolute Gasteiger partial charge is 0.481 e. The number of nitrogens with zero attached hydrogens (tertiary/aromatic N) is 3. The molecule has 0 aliphatic carbocycles. The fraction of sp³-hybridized carbons (Fsp3) is 0.533. The smallest absolute Gasteiger partial charge is 0.303 e. The molecule has 1 aromatic rings. The Bertz CT molecular complexity index is 523. The molecule has 0 radical (unpaired) electrons. The summed E-state index contributed by atoms with van der Waals surface area (Å²) in [5.41, 5.74) is 1.41. The lowest BCUT2D eigenvalue weighted by Crippen LogP contribution is -2.34. The topological polar surface area (TPSA) is 73.7 Å². The molecule has 1 aromatic heterocycles. The van der Waals surface area contributed by atoms with E-state index in [-0.39, 0.29) is 18.2 Å². The second-order valence-corrected chi connectivity index (χ2v) is 5.63. The van der Waals surface area contributed by atoms with Crippen LogP contribution in [0.1, 0.15) is 29.8 Å². The van der Waals surface area contributed by atoms with E-state index in [0.29, 0.717) is 5.69 Å². The molecule has 21 heavy (non-hydrogen) atoms. The zero-order valence-corrected chi connectivity index (χ0v) is 12.5. The Morgan fingerprint density at radius 3 is 2.62 bits per heavy atom. The Morgan fingerprint density at radius 1 is 1.38 bits per heavy atom. The minimum absolute atomic E-state index is 0.113. The van der Waals surface area contributed by atoms with Crippen LogP contribution in [0.2, 0.25) is 0 Å². The molecular weight excluding hydrogens is 270 g/mol. The van der Waals surface area contributed by atoms with Crippen molar-refractivity contribution in [2.75, 3.05) is 32.1 Å². The van der Waals surface area contributed by atoms with E-state index in [4.69, 9.17) is 5.11 Å². The molecule has 6 heteroatoms. The molecule has 0 saturated carbocycles. The molecule has 1 amide bonds. The number of carbonyl (C=O) groups is 2. The van der Waals surface area contributed by atoms with Crippen LogP contribution in [-0.4, -0.2) is 54.1 Å². The van der Waals surface area contributed by atoms with E-state index in [0.717, 1.165) is 31.6 Å². The van der Waals surface area contributed by atoms with Crippen LogP contribution >= 0.6 is 0 Å². The van der Waals surface area contributed by atoms with E-state index in [2.05, 4.69) is 9.88 Å². The maximum absolute atomic E-state index is 11.9. The third kappa shape index (κ3) is 3.93. The molecule has 0 aromatic carbocycles. The number of hydrogen-bond donors (Lipinski definition) is 1. The number of rotatable bonds is 4.